The number of carbonyl (C=O) groups is 1. The van der Waals surface area contributed by atoms with E-state index < -0.39 is 0 Å². The van der Waals surface area contributed by atoms with Crippen LogP contribution in [0.25, 0.3) is 11.3 Å². The van der Waals surface area contributed by atoms with Crippen molar-refractivity contribution in [3.05, 3.63) is 65.0 Å². The van der Waals surface area contributed by atoms with E-state index in [1.165, 1.54) is 35.6 Å². The van der Waals surface area contributed by atoms with Crippen molar-refractivity contribution in [2.75, 3.05) is 11.9 Å². The second kappa shape index (κ2) is 8.73. The Morgan fingerprint density at radius 2 is 1.70 bits per heavy atom. The number of aryl methyl sites for hydroxylation is 1. The Bertz CT molecular complexity index is 909. The van der Waals surface area contributed by atoms with Gasteiger partial charge in [0.25, 0.3) is 0 Å². The van der Waals surface area contributed by atoms with Gasteiger partial charge in [-0.1, -0.05) is 0 Å². The van der Waals surface area contributed by atoms with Crippen LogP contribution in [0.3, 0.4) is 0 Å². The zero-order valence-corrected chi connectivity index (χ0v) is 15.5. The number of benzene rings is 2. The summed E-state index contributed by atoms with van der Waals surface area (Å²) in [5, 5.41) is 3.29. The molecule has 0 fully saturated rings. The molecule has 0 radical (unpaired) electrons. The van der Waals surface area contributed by atoms with Crippen molar-refractivity contribution in [2.24, 2.45) is 0 Å². The topological polar surface area (TPSA) is 51.2 Å². The number of ether oxygens (including phenoxy) is 1. The van der Waals surface area contributed by atoms with E-state index in [9.17, 15) is 13.6 Å². The van der Waals surface area contributed by atoms with Crippen LogP contribution < -0.4 is 10.1 Å². The van der Waals surface area contributed by atoms with E-state index in [2.05, 4.69) is 10.3 Å². The van der Waals surface area contributed by atoms with Crippen LogP contribution in [0.4, 0.5) is 13.9 Å². The predicted molar refractivity (Wildman–Crippen MR) is 102 cm³/mol. The van der Waals surface area contributed by atoms with Crippen LogP contribution in [0.1, 0.15) is 17.7 Å². The third-order valence-corrected chi connectivity index (χ3v) is 4.68. The average Bonchev–Trinajstić information content (AvgIpc) is 3.01. The maximum atomic E-state index is 13.1. The summed E-state index contributed by atoms with van der Waals surface area (Å²) in [5.41, 5.74) is 1.54. The molecule has 0 aliphatic heterocycles. The van der Waals surface area contributed by atoms with Gasteiger partial charge in [-0.2, -0.15) is 0 Å². The fourth-order valence-corrected chi connectivity index (χ4v) is 3.31. The Kier molecular flexibility index (Phi) is 6.13. The summed E-state index contributed by atoms with van der Waals surface area (Å²) in [6.45, 7) is 2.26. The van der Waals surface area contributed by atoms with E-state index in [1.807, 2.05) is 6.92 Å². The third-order valence-electron chi connectivity index (χ3n) is 3.79. The zero-order chi connectivity index (χ0) is 19.2. The molecule has 1 amide bonds. The fraction of sp³-hybridized carbons (Fsp3) is 0.200. The highest BCUT2D eigenvalue weighted by molar-refractivity contribution is 7.16. The largest absolute Gasteiger partial charge is 0.494 e. The fourth-order valence-electron chi connectivity index (χ4n) is 2.46. The minimum Gasteiger partial charge on any atom is -0.494 e. The number of carbonyl (C=O) groups excluding carboxylic acids is 1. The molecule has 1 heterocycles. The van der Waals surface area contributed by atoms with Gasteiger partial charge in [0.1, 0.15) is 17.4 Å². The van der Waals surface area contributed by atoms with E-state index in [1.54, 1.807) is 24.3 Å². The number of rotatable bonds is 7. The predicted octanol–water partition coefficient (Wildman–Crippen LogP) is 5.19. The molecule has 3 aromatic rings. The number of thiazole rings is 1. The number of hydrogen-bond donors (Lipinski definition) is 1. The second-order valence-corrected chi connectivity index (χ2v) is 7.09. The molecule has 1 N–H and O–H groups in total. The quantitative estimate of drug-likeness (QED) is 0.567. The molecule has 0 unspecified atom stereocenters. The first-order valence-electron chi connectivity index (χ1n) is 8.43. The third kappa shape index (κ3) is 5.34. The van der Waals surface area contributed by atoms with Gasteiger partial charge >= 0.3 is 0 Å². The standard InChI is InChI=1S/C20H18F2N2O2S/c1-13-19(14-4-6-15(21)7-5-14)24-20(27-13)23-18(25)3-2-12-26-17-10-8-16(22)9-11-17/h4-11H,2-3,12H2,1H3,(H,23,24,25). The Balaban J connectivity index is 1.48. The maximum absolute atomic E-state index is 13.1. The number of nitrogens with zero attached hydrogens (tertiary/aromatic N) is 1. The van der Waals surface area contributed by atoms with Crippen LogP contribution in [-0.4, -0.2) is 17.5 Å². The van der Waals surface area contributed by atoms with Crippen LogP contribution in [0.5, 0.6) is 5.75 Å². The molecule has 1 aromatic heterocycles. The Morgan fingerprint density at radius 3 is 2.37 bits per heavy atom. The van der Waals surface area contributed by atoms with Crippen LogP contribution in [0.2, 0.25) is 0 Å². The smallest absolute Gasteiger partial charge is 0.226 e. The van der Waals surface area contributed by atoms with Gasteiger partial charge in [0.2, 0.25) is 5.91 Å². The molecule has 0 spiro atoms. The summed E-state index contributed by atoms with van der Waals surface area (Å²) < 4.78 is 31.3. The second-order valence-electron chi connectivity index (χ2n) is 5.88. The summed E-state index contributed by atoms with van der Waals surface area (Å²) in [4.78, 5) is 17.4. The molecule has 7 heteroatoms. The van der Waals surface area contributed by atoms with Crippen molar-refractivity contribution >= 4 is 22.4 Å². The van der Waals surface area contributed by atoms with Crippen LogP contribution in [0, 0.1) is 18.6 Å². The number of aromatic nitrogens is 1. The molecule has 27 heavy (non-hydrogen) atoms. The normalized spacial score (nSPS) is 10.6. The van der Waals surface area contributed by atoms with E-state index in [4.69, 9.17) is 4.74 Å². The molecular formula is C20H18F2N2O2S. The minimum atomic E-state index is -0.319. The highest BCUT2D eigenvalue weighted by Gasteiger charge is 2.12. The van der Waals surface area contributed by atoms with Gasteiger partial charge in [-0.15, -0.1) is 11.3 Å². The van der Waals surface area contributed by atoms with E-state index >= 15 is 0 Å². The van der Waals surface area contributed by atoms with Crippen molar-refractivity contribution in [3.63, 3.8) is 0 Å². The molecule has 4 nitrogen and oxygen atoms in total. The monoisotopic (exact) mass is 388 g/mol. The van der Waals surface area contributed by atoms with Gasteiger partial charge in [0.05, 0.1) is 12.3 Å². The van der Waals surface area contributed by atoms with E-state index in [0.29, 0.717) is 23.9 Å². The Hall–Kier alpha value is -2.80. The van der Waals surface area contributed by atoms with Gasteiger partial charge in [0.15, 0.2) is 5.13 Å². The molecule has 0 aliphatic carbocycles. The first-order valence-corrected chi connectivity index (χ1v) is 9.24. The van der Waals surface area contributed by atoms with Crippen LogP contribution in [-0.2, 0) is 4.79 Å². The lowest BCUT2D eigenvalue weighted by Gasteiger charge is -2.05. The van der Waals surface area contributed by atoms with Crippen molar-refractivity contribution in [1.29, 1.82) is 0 Å². The number of hydrogen-bond acceptors (Lipinski definition) is 4. The molecule has 140 valence electrons. The van der Waals surface area contributed by atoms with Crippen molar-refractivity contribution in [3.8, 4) is 17.0 Å². The lowest BCUT2D eigenvalue weighted by molar-refractivity contribution is -0.116. The first kappa shape index (κ1) is 19.0. The van der Waals surface area contributed by atoms with Gasteiger partial charge in [-0.3, -0.25) is 4.79 Å². The highest BCUT2D eigenvalue weighted by Crippen LogP contribution is 2.30. The molecule has 0 bridgehead atoms. The van der Waals surface area contributed by atoms with Crippen molar-refractivity contribution in [1.82, 2.24) is 4.98 Å². The summed E-state index contributed by atoms with van der Waals surface area (Å²) >= 11 is 1.38. The van der Waals surface area contributed by atoms with E-state index in [-0.39, 0.29) is 24.0 Å². The summed E-state index contributed by atoms with van der Waals surface area (Å²) in [5.74, 6) is -0.211. The molecule has 0 saturated heterocycles. The number of anilines is 1. The number of nitrogens with one attached hydrogen (secondary N) is 1. The number of halogens is 2. The summed E-state index contributed by atoms with van der Waals surface area (Å²) in [6.07, 6.45) is 0.810. The van der Waals surface area contributed by atoms with Crippen LogP contribution >= 0.6 is 11.3 Å². The Labute approximate surface area is 159 Å². The highest BCUT2D eigenvalue weighted by atomic mass is 32.1. The van der Waals surface area contributed by atoms with E-state index in [0.717, 1.165) is 16.1 Å². The Morgan fingerprint density at radius 1 is 1.07 bits per heavy atom. The van der Waals surface area contributed by atoms with Crippen molar-refractivity contribution in [2.45, 2.75) is 19.8 Å². The van der Waals surface area contributed by atoms with Gasteiger partial charge in [-0.05, 0) is 61.9 Å². The molecular weight excluding hydrogens is 370 g/mol. The lowest BCUT2D eigenvalue weighted by Crippen LogP contribution is -2.12. The lowest BCUT2D eigenvalue weighted by atomic mass is 10.1. The SMILES string of the molecule is Cc1sc(NC(=O)CCCOc2ccc(F)cc2)nc1-c1ccc(F)cc1. The van der Waals surface area contributed by atoms with Gasteiger partial charge in [0, 0.05) is 16.9 Å². The van der Waals surface area contributed by atoms with Gasteiger partial charge in [-0.25, -0.2) is 13.8 Å². The molecule has 2 aromatic carbocycles. The molecule has 0 saturated carbocycles. The van der Waals surface area contributed by atoms with Gasteiger partial charge < -0.3 is 10.1 Å². The summed E-state index contributed by atoms with van der Waals surface area (Å²) in [6, 6.07) is 11.8. The first-order chi connectivity index (χ1) is 13.0. The zero-order valence-electron chi connectivity index (χ0n) is 14.7. The minimum absolute atomic E-state index is 0.155. The molecule has 3 rings (SSSR count). The number of amides is 1. The summed E-state index contributed by atoms with van der Waals surface area (Å²) in [7, 11) is 0. The van der Waals surface area contributed by atoms with Crippen molar-refractivity contribution < 1.29 is 18.3 Å². The average molecular weight is 388 g/mol. The maximum Gasteiger partial charge on any atom is 0.226 e. The van der Waals surface area contributed by atoms with Crippen LogP contribution in [0.15, 0.2) is 48.5 Å². The molecule has 0 aliphatic rings. The molecule has 0 atom stereocenters.